The minimum absolute atomic E-state index is 0.104. The molecule has 0 amide bonds. The fraction of sp³-hybridized carbons (Fsp3) is 0.212. The molecule has 6 aromatic rings. The number of nitrogens with one attached hydrogen (secondary N) is 1. The smallest absolute Gasteiger partial charge is 0.248 e. The van der Waals surface area contributed by atoms with Crippen molar-refractivity contribution in [1.29, 1.82) is 0 Å². The van der Waals surface area contributed by atoms with Gasteiger partial charge in [0.15, 0.2) is 0 Å². The number of ether oxygens (including phenoxy) is 1. The topological polar surface area (TPSA) is 63.9 Å². The summed E-state index contributed by atoms with van der Waals surface area (Å²) in [5.41, 5.74) is 6.43. The van der Waals surface area contributed by atoms with E-state index in [0.29, 0.717) is 18.4 Å². The maximum absolute atomic E-state index is 6.07. The number of aromatic amines is 1. The molecule has 0 aliphatic carbocycles. The average molecular weight is 504 g/mol. The molecular weight excluding hydrogens is 470 g/mol. The van der Waals surface area contributed by atoms with Gasteiger partial charge in [-0.05, 0) is 59.0 Å². The zero-order valence-corrected chi connectivity index (χ0v) is 22.6. The molecule has 0 spiro atoms. The van der Waals surface area contributed by atoms with Crippen molar-refractivity contribution in [1.82, 2.24) is 15.2 Å². The van der Waals surface area contributed by atoms with E-state index in [-0.39, 0.29) is 5.41 Å². The zero-order chi connectivity index (χ0) is 26.7. The molecule has 0 aliphatic rings. The molecule has 2 aromatic heterocycles. The number of para-hydroxylation sites is 1. The molecule has 1 N–H and O–H groups in total. The number of hydrogen-bond acceptors (Lipinski definition) is 4. The molecule has 0 unspecified atom stereocenters. The van der Waals surface area contributed by atoms with Gasteiger partial charge in [-0.3, -0.25) is 0 Å². The molecule has 2 heterocycles. The van der Waals surface area contributed by atoms with Gasteiger partial charge in [0, 0.05) is 33.5 Å². The van der Waals surface area contributed by atoms with Crippen LogP contribution in [-0.2, 0) is 12.0 Å². The van der Waals surface area contributed by atoms with E-state index in [1.165, 1.54) is 16.3 Å². The summed E-state index contributed by atoms with van der Waals surface area (Å²) in [4.78, 5) is 3.46. The second-order valence-corrected chi connectivity index (χ2v) is 10.1. The Labute approximate surface area is 223 Å². The van der Waals surface area contributed by atoms with Crippen LogP contribution in [0, 0.1) is 0 Å². The van der Waals surface area contributed by atoms with Gasteiger partial charge >= 0.3 is 0 Å². The summed E-state index contributed by atoms with van der Waals surface area (Å²) < 4.78 is 12.0. The SMILES string of the molecule is CC.CC(C)(C)c1ccc(-c2nnc(-c3ccc(COc4ccc5c(c4)[nH]c4ccccc45)cc3)o2)cc1. The molecule has 0 atom stereocenters. The highest BCUT2D eigenvalue weighted by molar-refractivity contribution is 6.07. The summed E-state index contributed by atoms with van der Waals surface area (Å²) in [5, 5.41) is 10.9. The van der Waals surface area contributed by atoms with E-state index in [2.05, 4.69) is 78.4 Å². The molecular formula is C33H33N3O2. The average Bonchev–Trinajstić information content (AvgIpc) is 3.58. The van der Waals surface area contributed by atoms with Crippen molar-refractivity contribution >= 4 is 21.8 Å². The monoisotopic (exact) mass is 503 g/mol. The second-order valence-electron chi connectivity index (χ2n) is 10.1. The Bertz CT molecular complexity index is 1650. The highest BCUT2D eigenvalue weighted by atomic mass is 16.5. The van der Waals surface area contributed by atoms with Crippen molar-refractivity contribution in [2.45, 2.75) is 46.6 Å². The van der Waals surface area contributed by atoms with Crippen LogP contribution in [0.1, 0.15) is 45.7 Å². The quantitative estimate of drug-likeness (QED) is 0.255. The van der Waals surface area contributed by atoms with Crippen LogP contribution in [0.3, 0.4) is 0 Å². The highest BCUT2D eigenvalue weighted by Crippen LogP contribution is 2.30. The van der Waals surface area contributed by atoms with Gasteiger partial charge < -0.3 is 14.1 Å². The van der Waals surface area contributed by atoms with Crippen molar-refractivity contribution in [3.63, 3.8) is 0 Å². The fourth-order valence-electron chi connectivity index (χ4n) is 4.40. The zero-order valence-electron chi connectivity index (χ0n) is 22.6. The number of hydrogen-bond donors (Lipinski definition) is 1. The standard InChI is InChI=1S/C31H27N3O2.C2H6/c1-31(2,3)23-14-12-22(13-15-23)30-34-33-29(36-30)21-10-8-20(9-11-21)19-35-24-16-17-26-25-6-4-5-7-27(25)32-28(26)18-24;1-2/h4-18,32H,19H2,1-3H3;1-2H3. The van der Waals surface area contributed by atoms with E-state index in [0.717, 1.165) is 33.5 Å². The Balaban J connectivity index is 0.00000144. The lowest BCUT2D eigenvalue weighted by molar-refractivity contribution is 0.306. The van der Waals surface area contributed by atoms with Gasteiger partial charge in [0.1, 0.15) is 12.4 Å². The molecule has 0 saturated heterocycles. The Kier molecular flexibility index (Phi) is 7.01. The van der Waals surface area contributed by atoms with Crippen LogP contribution in [-0.4, -0.2) is 15.2 Å². The van der Waals surface area contributed by atoms with Crippen molar-refractivity contribution in [2.24, 2.45) is 0 Å². The molecule has 0 bridgehead atoms. The lowest BCUT2D eigenvalue weighted by Crippen LogP contribution is -2.10. The van der Waals surface area contributed by atoms with Crippen LogP contribution < -0.4 is 4.74 Å². The van der Waals surface area contributed by atoms with Crippen molar-refractivity contribution in [2.75, 3.05) is 0 Å². The number of aromatic nitrogens is 3. The molecule has 0 radical (unpaired) electrons. The van der Waals surface area contributed by atoms with Crippen molar-refractivity contribution < 1.29 is 9.15 Å². The molecule has 6 rings (SSSR count). The van der Waals surface area contributed by atoms with Crippen LogP contribution in [0.2, 0.25) is 0 Å². The molecule has 0 fully saturated rings. The normalized spacial score (nSPS) is 11.4. The molecule has 0 saturated carbocycles. The van der Waals surface area contributed by atoms with Crippen LogP contribution in [0.25, 0.3) is 44.7 Å². The Morgan fingerprint density at radius 1 is 0.711 bits per heavy atom. The summed E-state index contributed by atoms with van der Waals surface area (Å²) in [6.07, 6.45) is 0. The van der Waals surface area contributed by atoms with Gasteiger partial charge in [0.25, 0.3) is 0 Å². The number of benzene rings is 4. The third-order valence-corrected chi connectivity index (χ3v) is 6.51. The Morgan fingerprint density at radius 2 is 1.32 bits per heavy atom. The maximum atomic E-state index is 6.07. The van der Waals surface area contributed by atoms with E-state index in [1.54, 1.807) is 0 Å². The summed E-state index contributed by atoms with van der Waals surface area (Å²) in [7, 11) is 0. The maximum Gasteiger partial charge on any atom is 0.248 e. The van der Waals surface area contributed by atoms with Crippen LogP contribution in [0.15, 0.2) is 95.4 Å². The van der Waals surface area contributed by atoms with Gasteiger partial charge in [-0.15, -0.1) is 10.2 Å². The molecule has 5 nitrogen and oxygen atoms in total. The Morgan fingerprint density at radius 3 is 1.97 bits per heavy atom. The summed E-state index contributed by atoms with van der Waals surface area (Å²) >= 11 is 0. The first-order chi connectivity index (χ1) is 18.4. The first kappa shape index (κ1) is 25.3. The third-order valence-electron chi connectivity index (χ3n) is 6.51. The molecule has 5 heteroatoms. The van der Waals surface area contributed by atoms with Gasteiger partial charge in [0.05, 0.1) is 5.52 Å². The van der Waals surface area contributed by atoms with E-state index in [9.17, 15) is 0 Å². The highest BCUT2D eigenvalue weighted by Gasteiger charge is 2.15. The number of rotatable bonds is 5. The lowest BCUT2D eigenvalue weighted by atomic mass is 9.87. The van der Waals surface area contributed by atoms with Crippen LogP contribution in [0.4, 0.5) is 0 Å². The number of nitrogens with zero attached hydrogens (tertiary/aromatic N) is 2. The summed E-state index contributed by atoms with van der Waals surface area (Å²) in [6.45, 7) is 11.1. The lowest BCUT2D eigenvalue weighted by Gasteiger charge is -2.18. The van der Waals surface area contributed by atoms with E-state index >= 15 is 0 Å². The minimum atomic E-state index is 0.104. The predicted molar refractivity (Wildman–Crippen MR) is 155 cm³/mol. The van der Waals surface area contributed by atoms with E-state index in [1.807, 2.05) is 62.4 Å². The summed E-state index contributed by atoms with van der Waals surface area (Å²) in [6, 6.07) is 30.8. The van der Waals surface area contributed by atoms with E-state index in [4.69, 9.17) is 9.15 Å². The summed E-state index contributed by atoms with van der Waals surface area (Å²) in [5.74, 6) is 1.85. The molecule has 0 aliphatic heterocycles. The molecule has 4 aromatic carbocycles. The number of fused-ring (bicyclic) bond motifs is 3. The minimum Gasteiger partial charge on any atom is -0.489 e. The fourth-order valence-corrected chi connectivity index (χ4v) is 4.40. The van der Waals surface area contributed by atoms with Crippen LogP contribution >= 0.6 is 0 Å². The first-order valence-corrected chi connectivity index (χ1v) is 13.1. The Hall–Kier alpha value is -4.38. The van der Waals surface area contributed by atoms with Gasteiger partial charge in [0.2, 0.25) is 11.8 Å². The van der Waals surface area contributed by atoms with Crippen molar-refractivity contribution in [3.8, 4) is 28.7 Å². The molecule has 192 valence electrons. The predicted octanol–water partition coefficient (Wildman–Crippen LogP) is 8.94. The van der Waals surface area contributed by atoms with Crippen molar-refractivity contribution in [3.05, 3.63) is 102 Å². The molecule has 38 heavy (non-hydrogen) atoms. The van der Waals surface area contributed by atoms with E-state index < -0.39 is 0 Å². The van der Waals surface area contributed by atoms with Crippen LogP contribution in [0.5, 0.6) is 5.75 Å². The van der Waals surface area contributed by atoms with Gasteiger partial charge in [-0.25, -0.2) is 0 Å². The largest absolute Gasteiger partial charge is 0.489 e. The number of H-pyrrole nitrogens is 1. The van der Waals surface area contributed by atoms with Gasteiger partial charge in [-0.1, -0.05) is 77.1 Å². The van der Waals surface area contributed by atoms with Gasteiger partial charge in [-0.2, -0.15) is 0 Å². The third kappa shape index (κ3) is 5.18. The second kappa shape index (κ2) is 10.5. The first-order valence-electron chi connectivity index (χ1n) is 13.1.